The maximum absolute atomic E-state index is 10.9. The molecule has 0 bridgehead atoms. The molecule has 2 N–H and O–H groups in total. The van der Waals surface area contributed by atoms with Gasteiger partial charge in [-0.3, -0.25) is 4.79 Å². The molecule has 0 saturated heterocycles. The van der Waals surface area contributed by atoms with Gasteiger partial charge in [-0.05, 0) is 42.4 Å². The van der Waals surface area contributed by atoms with Crippen LogP contribution in [0.4, 0.5) is 0 Å². The Bertz CT molecular complexity index is 354. The van der Waals surface area contributed by atoms with Crippen molar-refractivity contribution >= 4 is 5.91 Å². The average molecular weight is 233 g/mol. The Hall–Kier alpha value is -1.31. The van der Waals surface area contributed by atoms with Gasteiger partial charge in [0.2, 0.25) is 5.91 Å². The van der Waals surface area contributed by atoms with Crippen molar-refractivity contribution in [2.24, 2.45) is 17.6 Å². The van der Waals surface area contributed by atoms with Gasteiger partial charge in [0, 0.05) is 5.56 Å². The van der Waals surface area contributed by atoms with E-state index >= 15 is 0 Å². The molecule has 17 heavy (non-hydrogen) atoms. The number of nitrogens with two attached hydrogens (primary N) is 1. The SMILES string of the molecule is CC(C)C(C)CCCc1ccc(C(N)=O)cc1. The number of hydrogen-bond acceptors (Lipinski definition) is 1. The van der Waals surface area contributed by atoms with E-state index in [-0.39, 0.29) is 5.91 Å². The summed E-state index contributed by atoms with van der Waals surface area (Å²) in [4.78, 5) is 10.9. The van der Waals surface area contributed by atoms with E-state index in [1.807, 2.05) is 24.3 Å². The Morgan fingerprint density at radius 1 is 1.18 bits per heavy atom. The third kappa shape index (κ3) is 4.59. The first-order chi connectivity index (χ1) is 8.00. The van der Waals surface area contributed by atoms with Crippen LogP contribution in [0.3, 0.4) is 0 Å². The van der Waals surface area contributed by atoms with E-state index in [9.17, 15) is 4.79 Å². The molecule has 2 heteroatoms. The lowest BCUT2D eigenvalue weighted by atomic mass is 9.91. The van der Waals surface area contributed by atoms with Gasteiger partial charge in [0.1, 0.15) is 0 Å². The van der Waals surface area contributed by atoms with Crippen LogP contribution in [0.1, 0.15) is 49.5 Å². The summed E-state index contributed by atoms with van der Waals surface area (Å²) in [6.07, 6.45) is 3.54. The number of rotatable bonds is 6. The maximum atomic E-state index is 10.9. The summed E-state index contributed by atoms with van der Waals surface area (Å²) in [5, 5.41) is 0. The predicted molar refractivity (Wildman–Crippen MR) is 71.9 cm³/mol. The fourth-order valence-electron chi connectivity index (χ4n) is 1.80. The zero-order chi connectivity index (χ0) is 12.8. The quantitative estimate of drug-likeness (QED) is 0.804. The van der Waals surface area contributed by atoms with Crippen molar-refractivity contribution in [3.05, 3.63) is 35.4 Å². The van der Waals surface area contributed by atoms with Gasteiger partial charge in [-0.15, -0.1) is 0 Å². The molecule has 94 valence electrons. The summed E-state index contributed by atoms with van der Waals surface area (Å²) in [7, 11) is 0. The number of carbonyl (C=O) groups is 1. The van der Waals surface area contributed by atoms with Crippen LogP contribution in [0.2, 0.25) is 0 Å². The minimum Gasteiger partial charge on any atom is -0.366 e. The first-order valence-electron chi connectivity index (χ1n) is 6.39. The maximum Gasteiger partial charge on any atom is 0.248 e. The highest BCUT2D eigenvalue weighted by Gasteiger charge is 2.06. The Labute approximate surface area is 104 Å². The van der Waals surface area contributed by atoms with Gasteiger partial charge in [0.05, 0.1) is 0 Å². The first kappa shape index (κ1) is 13.8. The molecule has 0 spiro atoms. The molecule has 1 aromatic rings. The van der Waals surface area contributed by atoms with Gasteiger partial charge in [0.25, 0.3) is 0 Å². The Kier molecular flexibility index (Phi) is 5.20. The van der Waals surface area contributed by atoms with E-state index < -0.39 is 0 Å². The summed E-state index contributed by atoms with van der Waals surface area (Å²) in [6, 6.07) is 7.62. The highest BCUT2D eigenvalue weighted by atomic mass is 16.1. The molecule has 0 aromatic heterocycles. The van der Waals surface area contributed by atoms with Gasteiger partial charge in [-0.25, -0.2) is 0 Å². The Morgan fingerprint density at radius 2 is 1.76 bits per heavy atom. The van der Waals surface area contributed by atoms with Crippen LogP contribution in [0.15, 0.2) is 24.3 Å². The molecule has 0 aliphatic carbocycles. The lowest BCUT2D eigenvalue weighted by Crippen LogP contribution is -2.10. The van der Waals surface area contributed by atoms with Gasteiger partial charge in [0.15, 0.2) is 0 Å². The molecule has 0 saturated carbocycles. The minimum absolute atomic E-state index is 0.356. The largest absolute Gasteiger partial charge is 0.366 e. The standard InChI is InChI=1S/C15H23NO/c1-11(2)12(3)5-4-6-13-7-9-14(10-8-13)15(16)17/h7-12H,4-6H2,1-3H3,(H2,16,17). The van der Waals surface area contributed by atoms with E-state index in [1.165, 1.54) is 18.4 Å². The van der Waals surface area contributed by atoms with Crippen molar-refractivity contribution in [1.82, 2.24) is 0 Å². The molecule has 0 radical (unpaired) electrons. The third-order valence-corrected chi connectivity index (χ3v) is 3.50. The topological polar surface area (TPSA) is 43.1 Å². The third-order valence-electron chi connectivity index (χ3n) is 3.50. The van der Waals surface area contributed by atoms with E-state index in [0.29, 0.717) is 5.56 Å². The second kappa shape index (κ2) is 6.43. The molecule has 1 atom stereocenters. The summed E-state index contributed by atoms with van der Waals surface area (Å²) >= 11 is 0. The van der Waals surface area contributed by atoms with Crippen molar-refractivity contribution in [3.8, 4) is 0 Å². The molecule has 1 aromatic carbocycles. The van der Waals surface area contributed by atoms with Gasteiger partial charge in [-0.1, -0.05) is 39.3 Å². The van der Waals surface area contributed by atoms with Crippen molar-refractivity contribution in [2.75, 3.05) is 0 Å². The molecule has 2 nitrogen and oxygen atoms in total. The van der Waals surface area contributed by atoms with E-state index in [0.717, 1.165) is 18.3 Å². The monoisotopic (exact) mass is 233 g/mol. The number of hydrogen-bond donors (Lipinski definition) is 1. The summed E-state index contributed by atoms with van der Waals surface area (Å²) in [6.45, 7) is 6.85. The van der Waals surface area contributed by atoms with Crippen molar-refractivity contribution in [3.63, 3.8) is 0 Å². The van der Waals surface area contributed by atoms with Crippen molar-refractivity contribution in [2.45, 2.75) is 40.0 Å². The molecule has 1 amide bonds. The number of amides is 1. The molecule has 1 unspecified atom stereocenters. The lowest BCUT2D eigenvalue weighted by Gasteiger charge is -2.14. The van der Waals surface area contributed by atoms with Gasteiger partial charge >= 0.3 is 0 Å². The van der Waals surface area contributed by atoms with Crippen LogP contribution in [0.5, 0.6) is 0 Å². The molecular weight excluding hydrogens is 210 g/mol. The van der Waals surface area contributed by atoms with E-state index in [4.69, 9.17) is 5.73 Å². The van der Waals surface area contributed by atoms with Crippen LogP contribution in [0.25, 0.3) is 0 Å². The highest BCUT2D eigenvalue weighted by Crippen LogP contribution is 2.17. The Morgan fingerprint density at radius 3 is 2.24 bits per heavy atom. The second-order valence-electron chi connectivity index (χ2n) is 5.17. The summed E-state index contributed by atoms with van der Waals surface area (Å²) in [5.74, 6) is 1.18. The second-order valence-corrected chi connectivity index (χ2v) is 5.17. The zero-order valence-corrected chi connectivity index (χ0v) is 11.1. The Balaban J connectivity index is 2.40. The number of aryl methyl sites for hydroxylation is 1. The van der Waals surface area contributed by atoms with Gasteiger partial charge in [-0.2, -0.15) is 0 Å². The van der Waals surface area contributed by atoms with E-state index in [1.54, 1.807) is 0 Å². The zero-order valence-electron chi connectivity index (χ0n) is 11.1. The number of primary amides is 1. The van der Waals surface area contributed by atoms with Crippen LogP contribution < -0.4 is 5.73 Å². The summed E-state index contributed by atoms with van der Waals surface area (Å²) < 4.78 is 0. The smallest absolute Gasteiger partial charge is 0.248 e. The molecule has 0 aliphatic heterocycles. The highest BCUT2D eigenvalue weighted by molar-refractivity contribution is 5.92. The predicted octanol–water partition coefficient (Wildman–Crippen LogP) is 3.40. The number of carbonyl (C=O) groups excluding carboxylic acids is 1. The summed E-state index contributed by atoms with van der Waals surface area (Å²) in [5.41, 5.74) is 7.07. The minimum atomic E-state index is -0.356. The van der Waals surface area contributed by atoms with Crippen molar-refractivity contribution in [1.29, 1.82) is 0 Å². The molecule has 0 aliphatic rings. The first-order valence-corrected chi connectivity index (χ1v) is 6.39. The van der Waals surface area contributed by atoms with E-state index in [2.05, 4.69) is 20.8 Å². The van der Waals surface area contributed by atoms with Crippen LogP contribution in [-0.2, 0) is 6.42 Å². The van der Waals surface area contributed by atoms with Crippen LogP contribution >= 0.6 is 0 Å². The lowest BCUT2D eigenvalue weighted by molar-refractivity contribution is 0.100. The van der Waals surface area contributed by atoms with Crippen LogP contribution in [-0.4, -0.2) is 5.91 Å². The van der Waals surface area contributed by atoms with Crippen LogP contribution in [0, 0.1) is 11.8 Å². The van der Waals surface area contributed by atoms with Crippen molar-refractivity contribution < 1.29 is 4.79 Å². The molecule has 0 heterocycles. The molecule has 1 rings (SSSR count). The fraction of sp³-hybridized carbons (Fsp3) is 0.533. The normalized spacial score (nSPS) is 12.7. The number of benzene rings is 1. The van der Waals surface area contributed by atoms with Gasteiger partial charge < -0.3 is 5.73 Å². The molecule has 0 fully saturated rings. The average Bonchev–Trinajstić information content (AvgIpc) is 2.29. The molecular formula is C15H23NO. The fourth-order valence-corrected chi connectivity index (χ4v) is 1.80.